The summed E-state index contributed by atoms with van der Waals surface area (Å²) in [4.78, 5) is 14.4. The average Bonchev–Trinajstić information content (AvgIpc) is 2.62. The molecule has 0 saturated heterocycles. The quantitative estimate of drug-likeness (QED) is 0.374. The van der Waals surface area contributed by atoms with Gasteiger partial charge in [-0.2, -0.15) is 0 Å². The zero-order chi connectivity index (χ0) is 15.4. The van der Waals surface area contributed by atoms with Crippen molar-refractivity contribution < 1.29 is 14.4 Å². The Kier molecular flexibility index (Phi) is 5.19. The first-order valence-corrected chi connectivity index (χ1v) is 6.63. The van der Waals surface area contributed by atoms with Crippen LogP contribution in [0.25, 0.3) is 0 Å². The van der Waals surface area contributed by atoms with Crippen molar-refractivity contribution >= 4 is 11.7 Å². The van der Waals surface area contributed by atoms with Crippen molar-refractivity contribution in [3.8, 4) is 0 Å². The minimum atomic E-state index is -0.0856. The van der Waals surface area contributed by atoms with Gasteiger partial charge in [-0.05, 0) is 34.6 Å². The summed E-state index contributed by atoms with van der Waals surface area (Å²) >= 11 is 0. The molecule has 0 aromatic carbocycles. The molecule has 1 aromatic rings. The van der Waals surface area contributed by atoms with Gasteiger partial charge in [0, 0.05) is 24.6 Å². The van der Waals surface area contributed by atoms with E-state index in [1.807, 2.05) is 27.7 Å². The molecule has 6 heteroatoms. The Bertz CT molecular complexity index is 518. The molecule has 0 saturated carbocycles. The third-order valence-corrected chi connectivity index (χ3v) is 3.40. The molecule has 0 aliphatic rings. The number of furan rings is 1. The fourth-order valence-electron chi connectivity index (χ4n) is 2.13. The van der Waals surface area contributed by atoms with Gasteiger partial charge in [-0.15, -0.1) is 0 Å². The van der Waals surface area contributed by atoms with Gasteiger partial charge in [-0.1, -0.05) is 5.16 Å². The summed E-state index contributed by atoms with van der Waals surface area (Å²) in [5.41, 5.74) is 6.94. The molecule has 20 heavy (non-hydrogen) atoms. The van der Waals surface area contributed by atoms with Crippen molar-refractivity contribution in [2.75, 3.05) is 6.54 Å². The molecule has 0 unspecified atom stereocenters. The summed E-state index contributed by atoms with van der Waals surface area (Å²) in [7, 11) is 0. The molecule has 3 N–H and O–H groups in total. The zero-order valence-electron chi connectivity index (χ0n) is 12.7. The van der Waals surface area contributed by atoms with E-state index in [1.165, 1.54) is 0 Å². The highest BCUT2D eigenvalue weighted by atomic mass is 16.4. The van der Waals surface area contributed by atoms with Gasteiger partial charge >= 0.3 is 0 Å². The number of nitrogens with zero attached hydrogens (tertiary/aromatic N) is 2. The molecule has 1 rings (SSSR count). The maximum atomic E-state index is 12.7. The molecule has 0 aliphatic carbocycles. The Balaban J connectivity index is 3.00. The van der Waals surface area contributed by atoms with Crippen molar-refractivity contribution in [1.82, 2.24) is 4.90 Å². The minimum Gasteiger partial charge on any atom is -0.466 e. The van der Waals surface area contributed by atoms with Crippen molar-refractivity contribution in [3.05, 3.63) is 22.6 Å². The Labute approximate surface area is 119 Å². The van der Waals surface area contributed by atoms with Crippen LogP contribution in [0, 0.1) is 20.8 Å². The summed E-state index contributed by atoms with van der Waals surface area (Å²) in [6.07, 6.45) is 0.329. The number of aryl methyl sites for hydroxylation is 2. The monoisotopic (exact) mass is 281 g/mol. The molecular weight excluding hydrogens is 258 g/mol. The van der Waals surface area contributed by atoms with Crippen LogP contribution in [-0.2, 0) is 0 Å². The topological polar surface area (TPSA) is 92.1 Å². The second-order valence-electron chi connectivity index (χ2n) is 5.15. The van der Waals surface area contributed by atoms with Gasteiger partial charge in [0.1, 0.15) is 17.4 Å². The van der Waals surface area contributed by atoms with E-state index in [4.69, 9.17) is 15.4 Å². The van der Waals surface area contributed by atoms with E-state index < -0.39 is 0 Å². The maximum absolute atomic E-state index is 12.7. The number of carbonyl (C=O) groups excluding carboxylic acids is 1. The first kappa shape index (κ1) is 16.1. The third-order valence-electron chi connectivity index (χ3n) is 3.40. The molecular formula is C14H23N3O3. The molecule has 1 heterocycles. The van der Waals surface area contributed by atoms with Gasteiger partial charge < -0.3 is 20.3 Å². The minimum absolute atomic E-state index is 0.0167. The normalized spacial score (nSPS) is 12.0. The highest BCUT2D eigenvalue weighted by Gasteiger charge is 2.25. The number of carbonyl (C=O) groups is 1. The molecule has 0 atom stereocenters. The van der Waals surface area contributed by atoms with E-state index in [9.17, 15) is 4.79 Å². The molecule has 6 nitrogen and oxygen atoms in total. The van der Waals surface area contributed by atoms with E-state index in [2.05, 4.69) is 5.16 Å². The van der Waals surface area contributed by atoms with Gasteiger partial charge in [-0.25, -0.2) is 0 Å². The molecule has 0 bridgehead atoms. The van der Waals surface area contributed by atoms with Crippen LogP contribution in [0.5, 0.6) is 0 Å². The first-order valence-electron chi connectivity index (χ1n) is 6.63. The molecule has 0 radical (unpaired) electrons. The van der Waals surface area contributed by atoms with Crippen molar-refractivity contribution in [2.24, 2.45) is 10.9 Å². The summed E-state index contributed by atoms with van der Waals surface area (Å²) in [5, 5.41) is 11.5. The maximum Gasteiger partial charge on any atom is 0.257 e. The highest BCUT2D eigenvalue weighted by Crippen LogP contribution is 2.23. The summed E-state index contributed by atoms with van der Waals surface area (Å²) < 4.78 is 5.51. The Morgan fingerprint density at radius 2 is 1.95 bits per heavy atom. The van der Waals surface area contributed by atoms with Gasteiger partial charge in [0.05, 0.1) is 5.56 Å². The van der Waals surface area contributed by atoms with Crippen LogP contribution in [0.2, 0.25) is 0 Å². The van der Waals surface area contributed by atoms with E-state index in [0.717, 1.165) is 11.3 Å². The molecule has 112 valence electrons. The second kappa shape index (κ2) is 6.45. The van der Waals surface area contributed by atoms with Gasteiger partial charge in [0.15, 0.2) is 0 Å². The zero-order valence-corrected chi connectivity index (χ0v) is 12.7. The standard InChI is InChI=1S/C14H23N3O3/c1-8(2)17(7-6-12(15)16-19)14(18)13-9(3)10(4)20-11(13)5/h8,19H,6-7H2,1-5H3,(H2,15,16). The summed E-state index contributed by atoms with van der Waals surface area (Å²) in [6.45, 7) is 9.77. The number of hydrogen-bond acceptors (Lipinski definition) is 4. The van der Waals surface area contributed by atoms with Crippen LogP contribution in [0.15, 0.2) is 9.57 Å². The van der Waals surface area contributed by atoms with Crippen LogP contribution < -0.4 is 5.73 Å². The number of nitrogens with two attached hydrogens (primary N) is 1. The number of oxime groups is 1. The second-order valence-corrected chi connectivity index (χ2v) is 5.15. The molecule has 0 fully saturated rings. The van der Waals surface area contributed by atoms with Gasteiger partial charge in [-0.3, -0.25) is 4.79 Å². The molecule has 0 spiro atoms. The molecule has 1 aromatic heterocycles. The Hall–Kier alpha value is -1.98. The van der Waals surface area contributed by atoms with E-state index >= 15 is 0 Å². The van der Waals surface area contributed by atoms with Crippen molar-refractivity contribution in [2.45, 2.75) is 47.1 Å². The first-order chi connectivity index (χ1) is 9.29. The highest BCUT2D eigenvalue weighted by molar-refractivity contribution is 5.97. The number of rotatable bonds is 5. The lowest BCUT2D eigenvalue weighted by atomic mass is 10.1. The largest absolute Gasteiger partial charge is 0.466 e. The van der Waals surface area contributed by atoms with Gasteiger partial charge in [0.25, 0.3) is 5.91 Å². The van der Waals surface area contributed by atoms with Gasteiger partial charge in [0.2, 0.25) is 0 Å². The number of amides is 1. The smallest absolute Gasteiger partial charge is 0.257 e. The average molecular weight is 281 g/mol. The van der Waals surface area contributed by atoms with Crippen molar-refractivity contribution in [3.63, 3.8) is 0 Å². The lowest BCUT2D eigenvalue weighted by molar-refractivity contribution is 0.0708. The van der Waals surface area contributed by atoms with E-state index in [-0.39, 0.29) is 17.8 Å². The van der Waals surface area contributed by atoms with Crippen LogP contribution >= 0.6 is 0 Å². The van der Waals surface area contributed by atoms with E-state index in [1.54, 1.807) is 11.8 Å². The van der Waals surface area contributed by atoms with Crippen LogP contribution in [0.4, 0.5) is 0 Å². The molecule has 1 amide bonds. The SMILES string of the molecule is Cc1oc(C)c(C(=O)N(CCC(N)=NO)C(C)C)c1C. The van der Waals surface area contributed by atoms with Crippen LogP contribution in [0.1, 0.15) is 47.7 Å². The third kappa shape index (κ3) is 3.31. The Morgan fingerprint density at radius 3 is 2.35 bits per heavy atom. The summed E-state index contributed by atoms with van der Waals surface area (Å²) in [6, 6.07) is 0.0167. The predicted molar refractivity (Wildman–Crippen MR) is 77.1 cm³/mol. The van der Waals surface area contributed by atoms with Crippen LogP contribution in [0.3, 0.4) is 0 Å². The lowest BCUT2D eigenvalue weighted by Gasteiger charge is -2.26. The van der Waals surface area contributed by atoms with Crippen molar-refractivity contribution in [1.29, 1.82) is 0 Å². The Morgan fingerprint density at radius 1 is 1.35 bits per heavy atom. The fraction of sp³-hybridized carbons (Fsp3) is 0.571. The number of hydrogen-bond donors (Lipinski definition) is 2. The predicted octanol–water partition coefficient (Wildman–Crippen LogP) is 2.19. The fourth-order valence-corrected chi connectivity index (χ4v) is 2.13. The number of amidine groups is 1. The molecule has 0 aliphatic heterocycles. The van der Waals surface area contributed by atoms with Crippen LogP contribution in [-0.4, -0.2) is 34.4 Å². The lowest BCUT2D eigenvalue weighted by Crippen LogP contribution is -2.39. The summed E-state index contributed by atoms with van der Waals surface area (Å²) in [5.74, 6) is 1.41. The van der Waals surface area contributed by atoms with E-state index in [0.29, 0.717) is 24.3 Å².